The molecule has 0 fully saturated rings. The van der Waals surface area contributed by atoms with Crippen LogP contribution in [0.25, 0.3) is 10.8 Å². The molecule has 142 valence electrons. The van der Waals surface area contributed by atoms with E-state index >= 15 is 0 Å². The van der Waals surface area contributed by atoms with Crippen molar-refractivity contribution >= 4 is 26.8 Å². The zero-order valence-electron chi connectivity index (χ0n) is 14.2. The first kappa shape index (κ1) is 18.9. The van der Waals surface area contributed by atoms with Gasteiger partial charge in [-0.15, -0.1) is 5.10 Å². The summed E-state index contributed by atoms with van der Waals surface area (Å²) >= 11 is 0. The number of aromatic carboxylic acids is 1. The number of nitrogens with one attached hydrogen (secondary N) is 1. The Kier molecular flexibility index (Phi) is 5.47. The fourth-order valence-electron chi connectivity index (χ4n) is 2.59. The number of aryl methyl sites for hydroxylation is 1. The third-order valence-corrected chi connectivity index (χ3v) is 5.40. The number of rotatable bonds is 8. The topological polar surface area (TPSA) is 114 Å². The molecule has 0 aliphatic rings. The molecule has 0 radical (unpaired) electrons. The van der Waals surface area contributed by atoms with Gasteiger partial charge in [0.2, 0.25) is 10.0 Å². The molecule has 1 aromatic heterocycles. The normalized spacial score (nSPS) is 11.7. The summed E-state index contributed by atoms with van der Waals surface area (Å²) in [5, 5.41) is 16.8. The fourth-order valence-corrected chi connectivity index (χ4v) is 3.71. The highest BCUT2D eigenvalue weighted by Gasteiger charge is 2.16. The molecule has 3 aromatic rings. The van der Waals surface area contributed by atoms with Gasteiger partial charge in [-0.2, -0.15) is 0 Å². The second-order valence-corrected chi connectivity index (χ2v) is 7.67. The molecule has 3 rings (SSSR count). The Balaban J connectivity index is 1.56. The third-order valence-electron chi connectivity index (χ3n) is 3.96. The fraction of sp³-hybridized carbons (Fsp3) is 0.235. The predicted molar refractivity (Wildman–Crippen MR) is 95.3 cm³/mol. The zero-order chi connectivity index (χ0) is 19.4. The van der Waals surface area contributed by atoms with E-state index in [1.807, 2.05) is 0 Å². The molecular formula is C17H17FN4O4S. The number of hydrogen-bond donors (Lipinski definition) is 2. The standard InChI is InChI=1S/C17H17FN4O4S/c18-15-10-13(9-12-5-1-2-6-14(12)15)27(25,26)19-7-3-4-8-22-11-16(17(23)24)20-21-22/h1-2,5-6,9-11,19H,3-4,7-8H2,(H,23,24). The van der Waals surface area contributed by atoms with Crippen LogP contribution in [-0.4, -0.2) is 41.0 Å². The summed E-state index contributed by atoms with van der Waals surface area (Å²) in [5.74, 6) is -1.74. The summed E-state index contributed by atoms with van der Waals surface area (Å²) in [5.41, 5.74) is -0.144. The van der Waals surface area contributed by atoms with Gasteiger partial charge < -0.3 is 5.11 Å². The summed E-state index contributed by atoms with van der Waals surface area (Å²) in [6.45, 7) is 0.573. The quantitative estimate of drug-likeness (QED) is 0.567. The van der Waals surface area contributed by atoms with E-state index in [9.17, 15) is 17.6 Å². The molecule has 0 aliphatic carbocycles. The van der Waals surface area contributed by atoms with Gasteiger partial charge in [-0.05, 0) is 30.4 Å². The van der Waals surface area contributed by atoms with Gasteiger partial charge in [0.1, 0.15) is 5.82 Å². The second-order valence-electron chi connectivity index (χ2n) is 5.90. The number of carbonyl (C=O) groups is 1. The van der Waals surface area contributed by atoms with Gasteiger partial charge in [0.05, 0.1) is 11.1 Å². The van der Waals surface area contributed by atoms with E-state index in [1.165, 1.54) is 16.9 Å². The van der Waals surface area contributed by atoms with E-state index in [1.54, 1.807) is 24.3 Å². The monoisotopic (exact) mass is 392 g/mol. The van der Waals surface area contributed by atoms with Gasteiger partial charge in [0, 0.05) is 18.5 Å². The van der Waals surface area contributed by atoms with Crippen molar-refractivity contribution in [3.05, 3.63) is 54.1 Å². The van der Waals surface area contributed by atoms with Crippen LogP contribution in [-0.2, 0) is 16.6 Å². The summed E-state index contributed by atoms with van der Waals surface area (Å²) in [7, 11) is -3.83. The maximum Gasteiger partial charge on any atom is 0.358 e. The lowest BCUT2D eigenvalue weighted by atomic mass is 10.1. The molecule has 0 aliphatic heterocycles. The molecule has 0 unspecified atom stereocenters. The number of nitrogens with zero attached hydrogens (tertiary/aromatic N) is 3. The summed E-state index contributed by atoms with van der Waals surface area (Å²) < 4.78 is 42.7. The van der Waals surface area contributed by atoms with Crippen molar-refractivity contribution in [2.45, 2.75) is 24.3 Å². The number of sulfonamides is 1. The Morgan fingerprint density at radius 3 is 2.74 bits per heavy atom. The molecule has 0 saturated carbocycles. The maximum atomic E-state index is 14.1. The minimum Gasteiger partial charge on any atom is -0.476 e. The first-order valence-electron chi connectivity index (χ1n) is 8.18. The van der Waals surface area contributed by atoms with Crippen molar-refractivity contribution in [2.75, 3.05) is 6.54 Å². The van der Waals surface area contributed by atoms with Crippen molar-refractivity contribution < 1.29 is 22.7 Å². The number of carboxylic acids is 1. The van der Waals surface area contributed by atoms with E-state index in [0.29, 0.717) is 30.2 Å². The Bertz CT molecular complexity index is 1080. The molecule has 0 bridgehead atoms. The SMILES string of the molecule is O=C(O)c1cn(CCCCNS(=O)(=O)c2cc(F)c3ccccc3c2)nn1. The molecule has 27 heavy (non-hydrogen) atoms. The number of halogens is 1. The zero-order valence-corrected chi connectivity index (χ0v) is 15.0. The second kappa shape index (κ2) is 7.80. The van der Waals surface area contributed by atoms with Crippen molar-refractivity contribution in [3.63, 3.8) is 0 Å². The molecule has 0 amide bonds. The van der Waals surface area contributed by atoms with Gasteiger partial charge in [-0.3, -0.25) is 4.68 Å². The number of benzene rings is 2. The first-order valence-corrected chi connectivity index (χ1v) is 9.66. The van der Waals surface area contributed by atoms with Gasteiger partial charge in [0.15, 0.2) is 5.69 Å². The van der Waals surface area contributed by atoms with Crippen molar-refractivity contribution in [1.29, 1.82) is 0 Å². The molecule has 2 N–H and O–H groups in total. The Labute approximate surface area is 154 Å². The van der Waals surface area contributed by atoms with Gasteiger partial charge in [-0.1, -0.05) is 29.5 Å². The molecule has 0 spiro atoms. The Morgan fingerprint density at radius 2 is 2.00 bits per heavy atom. The van der Waals surface area contributed by atoms with Gasteiger partial charge in [-0.25, -0.2) is 22.3 Å². The lowest BCUT2D eigenvalue weighted by Gasteiger charge is -2.08. The number of hydrogen-bond acceptors (Lipinski definition) is 5. The lowest BCUT2D eigenvalue weighted by molar-refractivity contribution is 0.0690. The Morgan fingerprint density at radius 1 is 1.22 bits per heavy atom. The smallest absolute Gasteiger partial charge is 0.358 e. The highest BCUT2D eigenvalue weighted by molar-refractivity contribution is 7.89. The van der Waals surface area contributed by atoms with Crippen LogP contribution < -0.4 is 4.72 Å². The maximum absolute atomic E-state index is 14.1. The predicted octanol–water partition coefficient (Wildman–Crippen LogP) is 2.03. The molecule has 8 nitrogen and oxygen atoms in total. The number of unbranched alkanes of at least 4 members (excludes halogenated alkanes) is 1. The van der Waals surface area contributed by atoms with Gasteiger partial charge in [0.25, 0.3) is 0 Å². The minimum absolute atomic E-state index is 0.124. The number of aromatic nitrogens is 3. The summed E-state index contributed by atoms with van der Waals surface area (Å²) in [4.78, 5) is 10.6. The first-order chi connectivity index (χ1) is 12.9. The van der Waals surface area contributed by atoms with Crippen LogP contribution in [0.1, 0.15) is 23.3 Å². The van der Waals surface area contributed by atoms with Crippen LogP contribution in [0.3, 0.4) is 0 Å². The lowest BCUT2D eigenvalue weighted by Crippen LogP contribution is -2.25. The van der Waals surface area contributed by atoms with E-state index in [4.69, 9.17) is 5.11 Å². The minimum atomic E-state index is -3.83. The van der Waals surface area contributed by atoms with Crippen LogP contribution in [0.5, 0.6) is 0 Å². The summed E-state index contributed by atoms with van der Waals surface area (Å²) in [6, 6.07) is 9.09. The average Bonchev–Trinajstić information content (AvgIpc) is 3.10. The summed E-state index contributed by atoms with van der Waals surface area (Å²) in [6.07, 6.45) is 2.37. The van der Waals surface area contributed by atoms with E-state index in [-0.39, 0.29) is 17.1 Å². The van der Waals surface area contributed by atoms with Crippen LogP contribution in [0.2, 0.25) is 0 Å². The number of fused-ring (bicyclic) bond motifs is 1. The molecule has 1 heterocycles. The number of carboxylic acid groups (broad SMARTS) is 1. The Hall–Kier alpha value is -2.85. The van der Waals surface area contributed by atoms with Crippen LogP contribution in [0.4, 0.5) is 4.39 Å². The van der Waals surface area contributed by atoms with Crippen LogP contribution >= 0.6 is 0 Å². The van der Waals surface area contributed by atoms with Crippen molar-refractivity contribution in [1.82, 2.24) is 19.7 Å². The third kappa shape index (κ3) is 4.47. The molecule has 2 aromatic carbocycles. The van der Waals surface area contributed by atoms with E-state index in [2.05, 4.69) is 15.0 Å². The largest absolute Gasteiger partial charge is 0.476 e. The van der Waals surface area contributed by atoms with E-state index in [0.717, 1.165) is 6.07 Å². The molecule has 0 saturated heterocycles. The average molecular weight is 392 g/mol. The van der Waals surface area contributed by atoms with Crippen LogP contribution in [0.15, 0.2) is 47.5 Å². The van der Waals surface area contributed by atoms with Crippen molar-refractivity contribution in [2.24, 2.45) is 0 Å². The highest BCUT2D eigenvalue weighted by atomic mass is 32.2. The van der Waals surface area contributed by atoms with E-state index < -0.39 is 21.8 Å². The molecule has 0 atom stereocenters. The van der Waals surface area contributed by atoms with Crippen molar-refractivity contribution in [3.8, 4) is 0 Å². The van der Waals surface area contributed by atoms with Crippen LogP contribution in [0, 0.1) is 5.82 Å². The molecule has 10 heteroatoms. The highest BCUT2D eigenvalue weighted by Crippen LogP contribution is 2.22. The molecular weight excluding hydrogens is 375 g/mol. The van der Waals surface area contributed by atoms with Gasteiger partial charge >= 0.3 is 5.97 Å².